The van der Waals surface area contributed by atoms with Crippen LogP contribution in [-0.4, -0.2) is 0 Å². The summed E-state index contributed by atoms with van der Waals surface area (Å²) in [6, 6.07) is 48.0. The van der Waals surface area contributed by atoms with Crippen LogP contribution in [0.5, 0.6) is 0 Å². The van der Waals surface area contributed by atoms with Crippen LogP contribution in [0.15, 0.2) is 146 Å². The first kappa shape index (κ1) is 87.6. The van der Waals surface area contributed by atoms with Gasteiger partial charge in [0.1, 0.15) is 0 Å². The van der Waals surface area contributed by atoms with E-state index >= 15 is 0 Å². The predicted molar refractivity (Wildman–Crippen MR) is 267 cm³/mol. The van der Waals surface area contributed by atoms with Gasteiger partial charge in [-0.15, -0.1) is 0 Å². The summed E-state index contributed by atoms with van der Waals surface area (Å²) in [5.74, 6) is 0. The van der Waals surface area contributed by atoms with Crippen molar-refractivity contribution in [3.8, 4) is 0 Å². The minimum atomic E-state index is 1.25. The Kier molecular flexibility index (Phi) is 325. The molecule has 4 rings (SSSR count). The fourth-order valence-corrected chi connectivity index (χ4v) is 1.54. The zero-order valence-electron chi connectivity index (χ0n) is 42.0. The van der Waals surface area contributed by atoms with Gasteiger partial charge in [-0.05, 0) is 0 Å². The third-order valence-electron chi connectivity index (χ3n) is 2.67. The van der Waals surface area contributed by atoms with Crippen molar-refractivity contribution in [2.75, 3.05) is 0 Å². The van der Waals surface area contributed by atoms with Gasteiger partial charge in [0.05, 0.1) is 0 Å². The highest BCUT2D eigenvalue weighted by Gasteiger charge is 1.59. The second-order valence-electron chi connectivity index (χ2n) is 6.74. The molecule has 0 heterocycles. The van der Waals surface area contributed by atoms with Gasteiger partial charge in [0, 0.05) is 0 Å². The molecule has 4 aromatic rings. The summed E-state index contributed by atoms with van der Waals surface area (Å²) in [6.45, 7) is 52.8. The third-order valence-corrected chi connectivity index (χ3v) is 2.67. The Morgan fingerprint density at radius 3 is 0.170 bits per heavy atom. The van der Waals surface area contributed by atoms with E-state index in [2.05, 4.69) is 41.5 Å². The van der Waals surface area contributed by atoms with Crippen molar-refractivity contribution >= 4 is 0 Å². The molecule has 0 atom stereocenters. The van der Waals surface area contributed by atoms with Crippen LogP contribution in [0, 0.1) is 0 Å². The van der Waals surface area contributed by atoms with Gasteiger partial charge >= 0.3 is 0 Å². The van der Waals surface area contributed by atoms with Crippen LogP contribution >= 0.6 is 0 Å². The summed E-state index contributed by atoms with van der Waals surface area (Å²) in [5.41, 5.74) is 0. The zero-order chi connectivity index (χ0) is 45.1. The molecule has 0 amide bonds. The number of rotatable bonds is 0. The molecule has 0 aliphatic rings. The summed E-state index contributed by atoms with van der Waals surface area (Å²) in [4.78, 5) is 0. The Hall–Kier alpha value is -3.12. The SMILES string of the molecule is CC.CC.CC.CC.CC.CC.CC.CC.CC.CC.CCC.CCC.CCC.c1ccccc1.c1ccccc1.c1ccccc1.c1ccccc1. The molecule has 0 spiro atoms. The van der Waals surface area contributed by atoms with Crippen molar-refractivity contribution in [3.63, 3.8) is 0 Å². The fraction of sp³-hybridized carbons (Fsp3) is 0.547. The van der Waals surface area contributed by atoms with Crippen molar-refractivity contribution in [2.45, 2.75) is 199 Å². The van der Waals surface area contributed by atoms with Crippen LogP contribution < -0.4 is 0 Å². The van der Waals surface area contributed by atoms with Crippen LogP contribution in [-0.2, 0) is 0 Å². The highest BCUT2D eigenvalue weighted by molar-refractivity contribution is 5.00. The molecule has 0 unspecified atom stereocenters. The topological polar surface area (TPSA) is 0 Å². The largest absolute Gasteiger partial charge is 0.0683 e. The van der Waals surface area contributed by atoms with Crippen LogP contribution in [0.4, 0.5) is 0 Å². The molecule has 0 aromatic heterocycles. The smallest absolute Gasteiger partial charge is 0.0590 e. The number of hydrogen-bond acceptors (Lipinski definition) is 0. The Labute approximate surface area is 343 Å². The van der Waals surface area contributed by atoms with Crippen LogP contribution in [0.1, 0.15) is 199 Å². The Balaban J connectivity index is -0.0000000301. The Morgan fingerprint density at radius 1 is 0.132 bits per heavy atom. The molecular weight excluding hydrogens is 637 g/mol. The minimum absolute atomic E-state index is 1.25. The minimum Gasteiger partial charge on any atom is -0.0683 e. The van der Waals surface area contributed by atoms with Gasteiger partial charge < -0.3 is 0 Å². The van der Waals surface area contributed by atoms with Gasteiger partial charge in [0.15, 0.2) is 0 Å². The van der Waals surface area contributed by atoms with E-state index in [4.69, 9.17) is 0 Å². The highest BCUT2D eigenvalue weighted by Crippen LogP contribution is 1.81. The van der Waals surface area contributed by atoms with E-state index in [1.165, 1.54) is 19.3 Å². The maximum atomic E-state index is 2.12. The first-order chi connectivity index (χ1) is 26.2. The second-order valence-corrected chi connectivity index (χ2v) is 6.74. The van der Waals surface area contributed by atoms with E-state index in [0.717, 1.165) is 0 Å². The van der Waals surface area contributed by atoms with E-state index in [1.807, 2.05) is 284 Å². The van der Waals surface area contributed by atoms with Gasteiger partial charge in [-0.25, -0.2) is 0 Å². The van der Waals surface area contributed by atoms with E-state index in [9.17, 15) is 0 Å². The Morgan fingerprint density at radius 2 is 0.151 bits per heavy atom. The molecule has 320 valence electrons. The van der Waals surface area contributed by atoms with Crippen molar-refractivity contribution in [1.29, 1.82) is 0 Å². The number of benzene rings is 4. The van der Waals surface area contributed by atoms with Crippen molar-refractivity contribution in [3.05, 3.63) is 146 Å². The number of hydrogen-bond donors (Lipinski definition) is 0. The average molecular weight is 745 g/mol. The lowest BCUT2D eigenvalue weighted by Gasteiger charge is -1.69. The zero-order valence-corrected chi connectivity index (χ0v) is 42.0. The molecule has 0 aliphatic heterocycles. The van der Waals surface area contributed by atoms with Crippen LogP contribution in [0.3, 0.4) is 0 Å². The van der Waals surface area contributed by atoms with Gasteiger partial charge in [0.25, 0.3) is 0 Å². The summed E-state index contributed by atoms with van der Waals surface area (Å²) in [5, 5.41) is 0. The molecule has 0 nitrogen and oxygen atoms in total. The molecule has 0 heteroatoms. The molecule has 0 aliphatic carbocycles. The predicted octanol–water partition coefficient (Wildman–Crippen LogP) is 21.3. The summed E-state index contributed by atoms with van der Waals surface area (Å²) in [7, 11) is 0. The fourth-order valence-electron chi connectivity index (χ4n) is 1.54. The molecule has 0 N–H and O–H groups in total. The maximum absolute atomic E-state index is 2.12. The van der Waals surface area contributed by atoms with Gasteiger partial charge in [-0.2, -0.15) is 0 Å². The summed E-state index contributed by atoms with van der Waals surface area (Å²) in [6.07, 6.45) is 3.75. The summed E-state index contributed by atoms with van der Waals surface area (Å²) >= 11 is 0. The van der Waals surface area contributed by atoms with Gasteiger partial charge in [-0.3, -0.25) is 0 Å². The summed E-state index contributed by atoms with van der Waals surface area (Å²) < 4.78 is 0. The van der Waals surface area contributed by atoms with Crippen molar-refractivity contribution < 1.29 is 0 Å². The molecule has 0 saturated heterocycles. The maximum Gasteiger partial charge on any atom is -0.0590 e. The molecule has 53 heavy (non-hydrogen) atoms. The quantitative estimate of drug-likeness (QED) is 0.168. The molecule has 0 radical (unpaired) electrons. The molecule has 4 aromatic carbocycles. The standard InChI is InChI=1S/4C6H6.3C3H8.10C2H6/c4*1-2-4-6-5-3-1;3*1-3-2;10*1-2/h4*1-6H;3*3H2,1-2H3;10*1-2H3. The second kappa shape index (κ2) is 197. The molecular formula is C53H108. The molecule has 0 saturated carbocycles. The van der Waals surface area contributed by atoms with E-state index in [0.29, 0.717) is 0 Å². The lowest BCUT2D eigenvalue weighted by atomic mass is 10.4. The first-order valence-corrected chi connectivity index (χ1v) is 22.2. The lowest BCUT2D eigenvalue weighted by Crippen LogP contribution is -1.47. The van der Waals surface area contributed by atoms with Gasteiger partial charge in [0.2, 0.25) is 0 Å². The molecule has 0 bridgehead atoms. The van der Waals surface area contributed by atoms with Gasteiger partial charge in [-0.1, -0.05) is 345 Å². The normalized spacial score (nSPS) is 5.77. The van der Waals surface area contributed by atoms with Crippen molar-refractivity contribution in [1.82, 2.24) is 0 Å². The van der Waals surface area contributed by atoms with E-state index in [-0.39, 0.29) is 0 Å². The highest BCUT2D eigenvalue weighted by atomic mass is 13.7. The Bertz CT molecular complexity index is 454. The van der Waals surface area contributed by atoms with Crippen LogP contribution in [0.25, 0.3) is 0 Å². The third kappa shape index (κ3) is 246. The first-order valence-electron chi connectivity index (χ1n) is 22.2. The monoisotopic (exact) mass is 745 g/mol. The average Bonchev–Trinajstić information content (AvgIpc) is 3.32. The van der Waals surface area contributed by atoms with E-state index in [1.54, 1.807) is 0 Å². The lowest BCUT2D eigenvalue weighted by molar-refractivity contribution is 1.09. The van der Waals surface area contributed by atoms with Crippen molar-refractivity contribution in [2.24, 2.45) is 0 Å². The van der Waals surface area contributed by atoms with Crippen LogP contribution in [0.2, 0.25) is 0 Å². The molecule has 0 fully saturated rings. The van der Waals surface area contributed by atoms with E-state index < -0.39 is 0 Å².